The van der Waals surface area contributed by atoms with Gasteiger partial charge in [-0.05, 0) is 25.7 Å². The third-order valence-corrected chi connectivity index (χ3v) is 3.32. The van der Waals surface area contributed by atoms with Crippen molar-refractivity contribution in [2.45, 2.75) is 45.1 Å². The molecular formula is C12H21NO6. The normalized spacial score (nSPS) is 14.7. The second kappa shape index (κ2) is 7.08. The van der Waals surface area contributed by atoms with Crippen LogP contribution in [0.5, 0.6) is 0 Å². The minimum Gasteiger partial charge on any atom is -0.481 e. The molecule has 0 amide bonds. The summed E-state index contributed by atoms with van der Waals surface area (Å²) in [6.45, 7) is 2.95. The molecule has 0 radical (unpaired) electrons. The lowest BCUT2D eigenvalue weighted by Crippen LogP contribution is -2.48. The van der Waals surface area contributed by atoms with E-state index in [-0.39, 0.29) is 25.7 Å². The zero-order chi connectivity index (χ0) is 15.2. The highest BCUT2D eigenvalue weighted by molar-refractivity contribution is 5.78. The van der Waals surface area contributed by atoms with Crippen LogP contribution in [0.1, 0.15) is 39.5 Å². The van der Waals surface area contributed by atoms with Crippen LogP contribution < -0.4 is 5.73 Å². The van der Waals surface area contributed by atoms with Gasteiger partial charge in [-0.2, -0.15) is 0 Å². The number of rotatable bonds is 9. The molecule has 0 fully saturated rings. The van der Waals surface area contributed by atoms with E-state index in [2.05, 4.69) is 0 Å². The molecule has 0 aliphatic rings. The number of carboxylic acid groups (broad SMARTS) is 3. The van der Waals surface area contributed by atoms with E-state index in [1.165, 1.54) is 13.8 Å². The van der Waals surface area contributed by atoms with Crippen LogP contribution in [0, 0.1) is 11.8 Å². The number of nitrogens with two attached hydrogens (primary N) is 1. The van der Waals surface area contributed by atoms with Crippen molar-refractivity contribution in [3.63, 3.8) is 0 Å². The summed E-state index contributed by atoms with van der Waals surface area (Å²) in [4.78, 5) is 32.5. The molecule has 0 aromatic carbocycles. The Labute approximate surface area is 111 Å². The molecule has 0 unspecified atom stereocenters. The van der Waals surface area contributed by atoms with Crippen molar-refractivity contribution in [3.05, 3.63) is 0 Å². The molecule has 110 valence electrons. The molecule has 0 aliphatic heterocycles. The molecule has 0 saturated carbocycles. The van der Waals surface area contributed by atoms with Crippen LogP contribution >= 0.6 is 0 Å². The second-order valence-electron chi connectivity index (χ2n) is 5.02. The first-order valence-corrected chi connectivity index (χ1v) is 6.08. The predicted molar refractivity (Wildman–Crippen MR) is 66.6 cm³/mol. The Morgan fingerprint density at radius 2 is 1.26 bits per heavy atom. The Balaban J connectivity index is 4.55. The SMILES string of the molecule is C[C@@H](CCC(N)(CC[C@H](C)C(=O)O)C(=O)O)C(=O)O. The summed E-state index contributed by atoms with van der Waals surface area (Å²) in [5, 5.41) is 26.6. The third kappa shape index (κ3) is 5.69. The van der Waals surface area contributed by atoms with E-state index in [0.29, 0.717) is 0 Å². The van der Waals surface area contributed by atoms with Crippen molar-refractivity contribution in [2.24, 2.45) is 17.6 Å². The van der Waals surface area contributed by atoms with Gasteiger partial charge in [0.1, 0.15) is 5.54 Å². The summed E-state index contributed by atoms with van der Waals surface area (Å²) >= 11 is 0. The molecule has 0 aliphatic carbocycles. The predicted octanol–water partition coefficient (Wildman–Crippen LogP) is 0.770. The van der Waals surface area contributed by atoms with Crippen LogP contribution in [0.2, 0.25) is 0 Å². The van der Waals surface area contributed by atoms with Gasteiger partial charge in [-0.25, -0.2) is 0 Å². The largest absolute Gasteiger partial charge is 0.481 e. The molecule has 7 heteroatoms. The summed E-state index contributed by atoms with van der Waals surface area (Å²) < 4.78 is 0. The van der Waals surface area contributed by atoms with Crippen molar-refractivity contribution in [1.29, 1.82) is 0 Å². The lowest BCUT2D eigenvalue weighted by atomic mass is 9.84. The molecule has 19 heavy (non-hydrogen) atoms. The monoisotopic (exact) mass is 275 g/mol. The van der Waals surface area contributed by atoms with Crippen molar-refractivity contribution in [2.75, 3.05) is 0 Å². The molecule has 0 spiro atoms. The quantitative estimate of drug-likeness (QED) is 0.487. The summed E-state index contributed by atoms with van der Waals surface area (Å²) in [5.74, 6) is -4.61. The highest BCUT2D eigenvalue weighted by atomic mass is 16.4. The molecule has 0 aromatic rings. The molecule has 0 bridgehead atoms. The highest BCUT2D eigenvalue weighted by Gasteiger charge is 2.35. The fraction of sp³-hybridized carbons (Fsp3) is 0.750. The van der Waals surface area contributed by atoms with Gasteiger partial charge in [-0.15, -0.1) is 0 Å². The Morgan fingerprint density at radius 3 is 1.47 bits per heavy atom. The Kier molecular flexibility index (Phi) is 6.47. The van der Waals surface area contributed by atoms with Gasteiger partial charge in [-0.1, -0.05) is 13.8 Å². The zero-order valence-electron chi connectivity index (χ0n) is 11.1. The fourth-order valence-electron chi connectivity index (χ4n) is 1.53. The lowest BCUT2D eigenvalue weighted by Gasteiger charge is -2.26. The molecule has 7 nitrogen and oxygen atoms in total. The molecule has 0 saturated heterocycles. The average molecular weight is 275 g/mol. The Morgan fingerprint density at radius 1 is 0.947 bits per heavy atom. The van der Waals surface area contributed by atoms with Crippen LogP contribution in [0.15, 0.2) is 0 Å². The van der Waals surface area contributed by atoms with Crippen molar-refractivity contribution >= 4 is 17.9 Å². The maximum Gasteiger partial charge on any atom is 0.323 e. The summed E-state index contributed by atoms with van der Waals surface area (Å²) in [5.41, 5.74) is 4.18. The van der Waals surface area contributed by atoms with Gasteiger partial charge in [0.15, 0.2) is 0 Å². The number of carboxylic acids is 3. The van der Waals surface area contributed by atoms with Crippen LogP contribution in [0.25, 0.3) is 0 Å². The van der Waals surface area contributed by atoms with E-state index in [1.54, 1.807) is 0 Å². The molecule has 0 heterocycles. The van der Waals surface area contributed by atoms with Gasteiger partial charge < -0.3 is 21.1 Å². The first kappa shape index (κ1) is 17.4. The van der Waals surface area contributed by atoms with Crippen LogP contribution in [0.4, 0.5) is 0 Å². The van der Waals surface area contributed by atoms with E-state index in [0.717, 1.165) is 0 Å². The third-order valence-electron chi connectivity index (χ3n) is 3.32. The number of aliphatic carboxylic acids is 3. The van der Waals surface area contributed by atoms with Crippen molar-refractivity contribution < 1.29 is 29.7 Å². The van der Waals surface area contributed by atoms with E-state index >= 15 is 0 Å². The van der Waals surface area contributed by atoms with Crippen LogP contribution in [-0.2, 0) is 14.4 Å². The summed E-state index contributed by atoms with van der Waals surface area (Å²) in [6.07, 6.45) is 0.281. The first-order chi connectivity index (χ1) is 8.60. The first-order valence-electron chi connectivity index (χ1n) is 6.08. The number of hydrogen-bond donors (Lipinski definition) is 4. The Hall–Kier alpha value is -1.63. The van der Waals surface area contributed by atoms with E-state index in [1.807, 2.05) is 0 Å². The van der Waals surface area contributed by atoms with E-state index in [4.69, 9.17) is 21.1 Å². The van der Waals surface area contributed by atoms with Crippen molar-refractivity contribution in [3.8, 4) is 0 Å². The molecule has 0 aromatic heterocycles. The molecule has 0 rings (SSSR count). The van der Waals surface area contributed by atoms with Gasteiger partial charge in [0, 0.05) is 0 Å². The zero-order valence-corrected chi connectivity index (χ0v) is 11.1. The van der Waals surface area contributed by atoms with Gasteiger partial charge in [0.25, 0.3) is 0 Å². The second-order valence-corrected chi connectivity index (χ2v) is 5.02. The molecular weight excluding hydrogens is 254 g/mol. The fourth-order valence-corrected chi connectivity index (χ4v) is 1.53. The minimum atomic E-state index is -1.58. The van der Waals surface area contributed by atoms with Crippen LogP contribution in [0.3, 0.4) is 0 Å². The Bertz CT molecular complexity index is 330. The number of carbonyl (C=O) groups is 3. The minimum absolute atomic E-state index is 0.00212. The van der Waals surface area contributed by atoms with Crippen LogP contribution in [-0.4, -0.2) is 38.8 Å². The highest BCUT2D eigenvalue weighted by Crippen LogP contribution is 2.23. The molecule has 2 atom stereocenters. The van der Waals surface area contributed by atoms with Gasteiger partial charge in [0.05, 0.1) is 11.8 Å². The summed E-state index contributed by atoms with van der Waals surface area (Å²) in [7, 11) is 0. The maximum absolute atomic E-state index is 11.2. The lowest BCUT2D eigenvalue weighted by molar-refractivity contribution is -0.147. The van der Waals surface area contributed by atoms with Crippen molar-refractivity contribution in [1.82, 2.24) is 0 Å². The molecule has 5 N–H and O–H groups in total. The van der Waals surface area contributed by atoms with E-state index in [9.17, 15) is 14.4 Å². The van der Waals surface area contributed by atoms with E-state index < -0.39 is 35.3 Å². The summed E-state index contributed by atoms with van der Waals surface area (Å²) in [6, 6.07) is 0. The maximum atomic E-state index is 11.2. The smallest absolute Gasteiger partial charge is 0.323 e. The van der Waals surface area contributed by atoms with Gasteiger partial charge in [-0.3, -0.25) is 14.4 Å². The standard InChI is InChI=1S/C12H21NO6/c1-7(9(14)15)3-5-12(13,11(18)19)6-4-8(2)10(16)17/h7-8H,3-6,13H2,1-2H3,(H,14,15)(H,16,17)(H,18,19)/t7-,8-/m0/s1. The van der Waals surface area contributed by atoms with Gasteiger partial charge >= 0.3 is 17.9 Å². The average Bonchev–Trinajstić information content (AvgIpc) is 2.32. The topological polar surface area (TPSA) is 138 Å². The number of hydrogen-bond acceptors (Lipinski definition) is 4. The van der Waals surface area contributed by atoms with Gasteiger partial charge in [0.2, 0.25) is 0 Å².